The maximum atomic E-state index is 11.7. The minimum atomic E-state index is -3.41. The molecule has 0 N–H and O–H groups in total. The lowest BCUT2D eigenvalue weighted by Crippen LogP contribution is -2.41. The van der Waals surface area contributed by atoms with Gasteiger partial charge < -0.3 is 4.84 Å². The quantitative estimate of drug-likeness (QED) is 0.716. The van der Waals surface area contributed by atoms with Crippen LogP contribution in [0.5, 0.6) is 0 Å². The van der Waals surface area contributed by atoms with Gasteiger partial charge in [-0.2, -0.15) is 8.42 Å². The molecule has 7 heteroatoms. The number of hydroxylamine groups is 2. The molecule has 106 valence electrons. The van der Waals surface area contributed by atoms with Gasteiger partial charge in [-0.1, -0.05) is 0 Å². The Hall–Kier alpha value is -0.660. The van der Waals surface area contributed by atoms with E-state index < -0.39 is 15.5 Å². The van der Waals surface area contributed by atoms with E-state index in [-0.39, 0.29) is 12.1 Å². The van der Waals surface area contributed by atoms with E-state index >= 15 is 0 Å². The molecular formula is C11H21NO5S. The van der Waals surface area contributed by atoms with Crippen molar-refractivity contribution in [3.8, 4) is 0 Å². The van der Waals surface area contributed by atoms with Crippen LogP contribution >= 0.6 is 0 Å². The first-order valence-electron chi connectivity index (χ1n) is 5.93. The highest BCUT2D eigenvalue weighted by molar-refractivity contribution is 7.86. The van der Waals surface area contributed by atoms with Crippen molar-refractivity contribution in [3.05, 3.63) is 0 Å². The van der Waals surface area contributed by atoms with E-state index in [0.29, 0.717) is 25.9 Å². The smallest absolute Gasteiger partial charge is 0.330 e. The molecule has 0 spiro atoms. The summed E-state index contributed by atoms with van der Waals surface area (Å²) in [5.74, 6) is -0.287. The maximum absolute atomic E-state index is 11.7. The van der Waals surface area contributed by atoms with Crippen molar-refractivity contribution in [1.29, 1.82) is 0 Å². The average molecular weight is 279 g/mol. The number of rotatable bonds is 3. The van der Waals surface area contributed by atoms with Crippen LogP contribution in [-0.4, -0.2) is 44.9 Å². The molecule has 0 aliphatic carbocycles. The summed E-state index contributed by atoms with van der Waals surface area (Å²) >= 11 is 0. The first-order valence-corrected chi connectivity index (χ1v) is 7.75. The highest BCUT2D eigenvalue weighted by atomic mass is 32.2. The van der Waals surface area contributed by atoms with Crippen molar-refractivity contribution in [1.82, 2.24) is 5.06 Å². The second-order valence-electron chi connectivity index (χ2n) is 5.56. The Labute approximate surface area is 108 Å². The van der Waals surface area contributed by atoms with Crippen LogP contribution in [0.25, 0.3) is 0 Å². The molecule has 0 saturated carbocycles. The molecule has 0 radical (unpaired) electrons. The SMILES string of the molecule is CC(C)(C)C(=O)ON1CCC(OS(C)(=O)=O)CC1. The zero-order chi connectivity index (χ0) is 14.0. The van der Waals surface area contributed by atoms with Gasteiger partial charge in [0.2, 0.25) is 0 Å². The number of hydrogen-bond donors (Lipinski definition) is 0. The Morgan fingerprint density at radius 1 is 1.22 bits per heavy atom. The third-order valence-electron chi connectivity index (χ3n) is 2.54. The summed E-state index contributed by atoms with van der Waals surface area (Å²) < 4.78 is 26.8. The summed E-state index contributed by atoms with van der Waals surface area (Å²) in [6.45, 7) is 6.34. The molecule has 6 nitrogen and oxygen atoms in total. The molecule has 0 unspecified atom stereocenters. The fraction of sp³-hybridized carbons (Fsp3) is 0.909. The van der Waals surface area contributed by atoms with Crippen molar-refractivity contribution in [2.45, 2.75) is 39.7 Å². The van der Waals surface area contributed by atoms with Crippen LogP contribution < -0.4 is 0 Å². The van der Waals surface area contributed by atoms with Gasteiger partial charge >= 0.3 is 5.97 Å². The summed E-state index contributed by atoms with van der Waals surface area (Å²) in [5.41, 5.74) is -0.542. The van der Waals surface area contributed by atoms with Gasteiger partial charge in [0.05, 0.1) is 17.8 Å². The van der Waals surface area contributed by atoms with Gasteiger partial charge in [0.25, 0.3) is 10.1 Å². The Kier molecular flexibility index (Phi) is 4.74. The van der Waals surface area contributed by atoms with Crippen LogP contribution in [0.4, 0.5) is 0 Å². The molecule has 1 saturated heterocycles. The fourth-order valence-electron chi connectivity index (χ4n) is 1.52. The van der Waals surface area contributed by atoms with Gasteiger partial charge in [-0.3, -0.25) is 4.18 Å². The second-order valence-corrected chi connectivity index (χ2v) is 7.16. The van der Waals surface area contributed by atoms with Gasteiger partial charge in [-0.05, 0) is 33.6 Å². The number of hydrogen-bond acceptors (Lipinski definition) is 6. The monoisotopic (exact) mass is 279 g/mol. The first-order chi connectivity index (χ1) is 8.08. The maximum Gasteiger partial charge on any atom is 0.330 e. The van der Waals surface area contributed by atoms with E-state index in [9.17, 15) is 13.2 Å². The number of piperidine rings is 1. The van der Waals surface area contributed by atoms with Crippen LogP contribution in [-0.2, 0) is 23.9 Å². The topological polar surface area (TPSA) is 72.9 Å². The van der Waals surface area contributed by atoms with Gasteiger partial charge in [0.1, 0.15) is 0 Å². The Morgan fingerprint density at radius 3 is 2.11 bits per heavy atom. The second kappa shape index (κ2) is 5.54. The zero-order valence-electron chi connectivity index (χ0n) is 11.3. The van der Waals surface area contributed by atoms with E-state index in [1.807, 2.05) is 0 Å². The van der Waals surface area contributed by atoms with Crippen molar-refractivity contribution < 1.29 is 22.2 Å². The van der Waals surface area contributed by atoms with E-state index in [4.69, 9.17) is 9.02 Å². The van der Waals surface area contributed by atoms with Crippen LogP contribution in [0, 0.1) is 5.41 Å². The lowest BCUT2D eigenvalue weighted by Gasteiger charge is -2.31. The molecule has 0 aromatic rings. The molecule has 1 fully saturated rings. The van der Waals surface area contributed by atoms with Crippen LogP contribution in [0.2, 0.25) is 0 Å². The largest absolute Gasteiger partial charge is 0.367 e. The van der Waals surface area contributed by atoms with Crippen molar-refractivity contribution in [2.75, 3.05) is 19.3 Å². The Morgan fingerprint density at radius 2 is 1.72 bits per heavy atom. The van der Waals surface area contributed by atoms with Gasteiger partial charge in [-0.15, -0.1) is 5.06 Å². The Balaban J connectivity index is 2.39. The fourth-order valence-corrected chi connectivity index (χ4v) is 2.21. The number of carbonyl (C=O) groups excluding carboxylic acids is 1. The predicted octanol–water partition coefficient (Wildman–Crippen LogP) is 0.931. The molecular weight excluding hydrogens is 258 g/mol. The van der Waals surface area contributed by atoms with Gasteiger partial charge in [-0.25, -0.2) is 4.79 Å². The summed E-state index contributed by atoms with van der Waals surface area (Å²) in [6.07, 6.45) is 1.79. The summed E-state index contributed by atoms with van der Waals surface area (Å²) in [6, 6.07) is 0. The molecule has 1 heterocycles. The lowest BCUT2D eigenvalue weighted by molar-refractivity contribution is -0.207. The predicted molar refractivity (Wildman–Crippen MR) is 66.1 cm³/mol. The molecule has 0 amide bonds. The van der Waals surface area contributed by atoms with Crippen molar-refractivity contribution in [2.24, 2.45) is 5.41 Å². The molecule has 0 aromatic heterocycles. The van der Waals surface area contributed by atoms with E-state index in [1.165, 1.54) is 0 Å². The van der Waals surface area contributed by atoms with Crippen LogP contribution in [0.1, 0.15) is 33.6 Å². The minimum Gasteiger partial charge on any atom is -0.367 e. The van der Waals surface area contributed by atoms with Gasteiger partial charge in [0.15, 0.2) is 0 Å². The third kappa shape index (κ3) is 5.32. The van der Waals surface area contributed by atoms with E-state index in [1.54, 1.807) is 25.8 Å². The molecule has 18 heavy (non-hydrogen) atoms. The summed E-state index contributed by atoms with van der Waals surface area (Å²) in [5, 5.41) is 1.57. The zero-order valence-corrected chi connectivity index (χ0v) is 12.1. The van der Waals surface area contributed by atoms with Crippen LogP contribution in [0.3, 0.4) is 0 Å². The normalized spacial score (nSPS) is 19.8. The van der Waals surface area contributed by atoms with E-state index in [2.05, 4.69) is 0 Å². The number of nitrogens with zero attached hydrogens (tertiary/aromatic N) is 1. The average Bonchev–Trinajstić information content (AvgIpc) is 2.17. The molecule has 0 aromatic carbocycles. The highest BCUT2D eigenvalue weighted by Crippen LogP contribution is 2.20. The summed E-state index contributed by atoms with van der Waals surface area (Å²) in [4.78, 5) is 16.9. The third-order valence-corrected chi connectivity index (χ3v) is 3.16. The first kappa shape index (κ1) is 15.4. The molecule has 1 rings (SSSR count). The van der Waals surface area contributed by atoms with Crippen LogP contribution in [0.15, 0.2) is 0 Å². The minimum absolute atomic E-state index is 0.287. The molecule has 0 bridgehead atoms. The van der Waals surface area contributed by atoms with Crippen molar-refractivity contribution in [3.63, 3.8) is 0 Å². The molecule has 1 aliphatic heterocycles. The molecule has 1 aliphatic rings. The molecule has 0 atom stereocenters. The number of carbonyl (C=O) groups is 1. The lowest BCUT2D eigenvalue weighted by atomic mass is 9.98. The summed E-state index contributed by atoms with van der Waals surface area (Å²) in [7, 11) is -3.41. The van der Waals surface area contributed by atoms with E-state index in [0.717, 1.165) is 6.26 Å². The van der Waals surface area contributed by atoms with Crippen molar-refractivity contribution >= 4 is 16.1 Å². The standard InChI is InChI=1S/C11H21NO5S/c1-11(2,3)10(13)16-12-7-5-9(6-8-12)17-18(4,14)15/h9H,5-8H2,1-4H3. The Bertz CT molecular complexity index is 390. The van der Waals surface area contributed by atoms with Gasteiger partial charge in [0, 0.05) is 13.1 Å². The highest BCUT2D eigenvalue weighted by Gasteiger charge is 2.29.